The van der Waals surface area contributed by atoms with Gasteiger partial charge in [-0.25, -0.2) is 4.79 Å². The monoisotopic (exact) mass is 394 g/mol. The molecule has 0 bridgehead atoms. The fourth-order valence-corrected chi connectivity index (χ4v) is 3.35. The summed E-state index contributed by atoms with van der Waals surface area (Å²) >= 11 is 6.26. The Bertz CT molecular complexity index is 781. The van der Waals surface area contributed by atoms with Crippen molar-refractivity contribution in [1.82, 2.24) is 5.32 Å². The van der Waals surface area contributed by atoms with E-state index in [1.165, 1.54) is 0 Å². The van der Waals surface area contributed by atoms with Crippen LogP contribution >= 0.6 is 11.6 Å². The maximum atomic E-state index is 11.1. The highest BCUT2D eigenvalue weighted by atomic mass is 35.5. The van der Waals surface area contributed by atoms with Gasteiger partial charge in [-0.15, -0.1) is 0 Å². The summed E-state index contributed by atoms with van der Waals surface area (Å²) in [5.74, 6) is 1.51. The lowest BCUT2D eigenvalue weighted by Crippen LogP contribution is -2.53. The van der Waals surface area contributed by atoms with Crippen LogP contribution in [0.25, 0.3) is 0 Å². The van der Waals surface area contributed by atoms with E-state index in [9.17, 15) is 4.79 Å². The number of amidine groups is 1. The van der Waals surface area contributed by atoms with Gasteiger partial charge in [0.25, 0.3) is 0 Å². The maximum absolute atomic E-state index is 11.1. The number of ether oxygens (including phenoxy) is 1. The van der Waals surface area contributed by atoms with Crippen LogP contribution in [0.2, 0.25) is 5.02 Å². The molecule has 6 nitrogen and oxygen atoms in total. The van der Waals surface area contributed by atoms with Crippen molar-refractivity contribution in [2.24, 2.45) is 11.0 Å². The van der Waals surface area contributed by atoms with Gasteiger partial charge in [-0.2, -0.15) is 4.59 Å². The Morgan fingerprint density at radius 2 is 2.04 bits per heavy atom. The normalized spacial score (nSPS) is 19.7. The van der Waals surface area contributed by atoms with Crippen LogP contribution in [-0.4, -0.2) is 33.8 Å². The fourth-order valence-electron chi connectivity index (χ4n) is 3.16. The maximum Gasteiger partial charge on any atom is 0.410 e. The Balaban J connectivity index is 2.47. The number of quaternary nitrogens is 1. The van der Waals surface area contributed by atoms with Crippen LogP contribution < -0.4 is 10.1 Å². The number of amides is 1. The third-order valence-corrected chi connectivity index (χ3v) is 4.78. The molecule has 0 radical (unpaired) electrons. The Labute approximate surface area is 166 Å². The quantitative estimate of drug-likeness (QED) is 0.691. The van der Waals surface area contributed by atoms with Crippen LogP contribution in [0.15, 0.2) is 35.1 Å². The molecule has 0 saturated heterocycles. The lowest BCUT2D eigenvalue weighted by Gasteiger charge is -2.41. The zero-order valence-corrected chi connectivity index (χ0v) is 17.6. The number of nitrogens with one attached hydrogen (secondary N) is 1. The zero-order valence-electron chi connectivity index (χ0n) is 16.8. The molecule has 27 heavy (non-hydrogen) atoms. The Hall–Kier alpha value is -2.05. The van der Waals surface area contributed by atoms with E-state index in [2.05, 4.69) is 39.9 Å². The summed E-state index contributed by atoms with van der Waals surface area (Å²) in [5, 5.41) is 16.8. The Morgan fingerprint density at radius 3 is 2.59 bits per heavy atom. The summed E-state index contributed by atoms with van der Waals surface area (Å²) in [6, 6.07) is 5.60. The molecule has 2 rings (SSSR count). The van der Waals surface area contributed by atoms with Crippen molar-refractivity contribution < 1.29 is 19.2 Å². The molecule has 1 aliphatic rings. The van der Waals surface area contributed by atoms with Gasteiger partial charge in [-0.1, -0.05) is 30.5 Å². The molecule has 0 aliphatic carbocycles. The standard InChI is InChI=1S/C20H28ClN3O3/c1-13(2)12-27-17-8-7-16(21)10-15(17)11-24(20(4,5)6)14(3)9-18(23-24)22-19(25)26/h7-10,13H,11-12H2,1-6H3,(H-,22,23,25,26)/p+1. The molecular weight excluding hydrogens is 366 g/mol. The van der Waals surface area contributed by atoms with Crippen LogP contribution in [0.4, 0.5) is 4.79 Å². The van der Waals surface area contributed by atoms with Crippen LogP contribution in [0.5, 0.6) is 5.75 Å². The molecule has 0 fully saturated rings. The molecule has 1 aromatic carbocycles. The van der Waals surface area contributed by atoms with Gasteiger partial charge in [-0.3, -0.25) is 5.32 Å². The second kappa shape index (κ2) is 7.90. The third-order valence-electron chi connectivity index (χ3n) is 4.55. The number of hydrogen-bond donors (Lipinski definition) is 2. The average Bonchev–Trinajstić information content (AvgIpc) is 2.81. The largest absolute Gasteiger partial charge is 0.493 e. The highest BCUT2D eigenvalue weighted by Gasteiger charge is 2.47. The number of benzene rings is 1. The first-order valence-corrected chi connectivity index (χ1v) is 9.41. The fraction of sp³-hybridized carbons (Fsp3) is 0.500. The van der Waals surface area contributed by atoms with E-state index in [0.29, 0.717) is 29.9 Å². The molecule has 0 saturated carbocycles. The molecule has 2 N–H and O–H groups in total. The Morgan fingerprint density at radius 1 is 1.37 bits per heavy atom. The van der Waals surface area contributed by atoms with Gasteiger partial charge in [0.1, 0.15) is 23.5 Å². The first-order valence-electron chi connectivity index (χ1n) is 9.03. The van der Waals surface area contributed by atoms with Gasteiger partial charge in [0.15, 0.2) is 5.84 Å². The lowest BCUT2D eigenvalue weighted by atomic mass is 10.0. The van der Waals surface area contributed by atoms with Gasteiger partial charge >= 0.3 is 6.09 Å². The van der Waals surface area contributed by atoms with Crippen molar-refractivity contribution in [2.45, 2.75) is 53.6 Å². The number of nitrogens with zero attached hydrogens (tertiary/aromatic N) is 2. The number of halogens is 1. The molecule has 0 spiro atoms. The van der Waals surface area contributed by atoms with Gasteiger partial charge in [0.2, 0.25) is 0 Å². The van der Waals surface area contributed by atoms with Crippen molar-refractivity contribution in [1.29, 1.82) is 0 Å². The first-order chi connectivity index (χ1) is 12.4. The number of allylic oxidation sites excluding steroid dienone is 1. The minimum atomic E-state index is -1.13. The van der Waals surface area contributed by atoms with E-state index in [1.807, 2.05) is 25.1 Å². The molecule has 1 heterocycles. The summed E-state index contributed by atoms with van der Waals surface area (Å²) in [6.07, 6.45) is 0.647. The van der Waals surface area contributed by atoms with E-state index >= 15 is 0 Å². The van der Waals surface area contributed by atoms with Gasteiger partial charge in [0.05, 0.1) is 12.2 Å². The average molecular weight is 395 g/mol. The van der Waals surface area contributed by atoms with E-state index < -0.39 is 6.09 Å². The van der Waals surface area contributed by atoms with Crippen molar-refractivity contribution in [3.05, 3.63) is 40.6 Å². The molecular formula is C20H29ClN3O3+. The summed E-state index contributed by atoms with van der Waals surface area (Å²) < 4.78 is 6.24. The summed E-state index contributed by atoms with van der Waals surface area (Å²) in [7, 11) is 0. The molecule has 1 aromatic rings. The molecule has 148 valence electrons. The van der Waals surface area contributed by atoms with Gasteiger partial charge < -0.3 is 9.84 Å². The van der Waals surface area contributed by atoms with Crippen molar-refractivity contribution in [2.75, 3.05) is 6.61 Å². The topological polar surface area (TPSA) is 70.9 Å². The van der Waals surface area contributed by atoms with Crippen molar-refractivity contribution in [3.63, 3.8) is 0 Å². The summed E-state index contributed by atoms with van der Waals surface area (Å²) in [5.41, 5.74) is 1.58. The van der Waals surface area contributed by atoms with E-state index in [1.54, 1.807) is 6.08 Å². The predicted molar refractivity (Wildman–Crippen MR) is 108 cm³/mol. The molecule has 1 amide bonds. The van der Waals surface area contributed by atoms with E-state index in [-0.39, 0.29) is 10.1 Å². The number of carbonyl (C=O) groups is 1. The highest BCUT2D eigenvalue weighted by molar-refractivity contribution is 6.30. The van der Waals surface area contributed by atoms with Gasteiger partial charge in [-0.05, 0) is 44.9 Å². The van der Waals surface area contributed by atoms with Crippen molar-refractivity contribution >= 4 is 23.5 Å². The minimum absolute atomic E-state index is 0.237. The Kier molecular flexibility index (Phi) is 6.22. The molecule has 0 aromatic heterocycles. The van der Waals surface area contributed by atoms with Crippen LogP contribution in [0, 0.1) is 5.92 Å². The smallest absolute Gasteiger partial charge is 0.410 e. The molecule has 7 heteroatoms. The highest BCUT2D eigenvalue weighted by Crippen LogP contribution is 2.40. The third kappa shape index (κ3) is 4.82. The second-order valence-corrected chi connectivity index (χ2v) is 8.69. The van der Waals surface area contributed by atoms with Crippen LogP contribution in [-0.2, 0) is 6.54 Å². The minimum Gasteiger partial charge on any atom is -0.493 e. The zero-order chi connectivity index (χ0) is 20.4. The van der Waals surface area contributed by atoms with Gasteiger partial charge in [0, 0.05) is 18.0 Å². The summed E-state index contributed by atoms with van der Waals surface area (Å²) in [4.78, 5) is 11.1. The van der Waals surface area contributed by atoms with E-state index in [0.717, 1.165) is 17.0 Å². The van der Waals surface area contributed by atoms with Crippen LogP contribution in [0.1, 0.15) is 47.1 Å². The predicted octanol–water partition coefficient (Wildman–Crippen LogP) is 4.99. The molecule has 1 unspecified atom stereocenters. The summed E-state index contributed by atoms with van der Waals surface area (Å²) in [6.45, 7) is 13.5. The van der Waals surface area contributed by atoms with E-state index in [4.69, 9.17) is 26.5 Å². The lowest BCUT2D eigenvalue weighted by molar-refractivity contribution is -0.953. The second-order valence-electron chi connectivity index (χ2n) is 8.26. The molecule has 1 atom stereocenters. The number of rotatable bonds is 5. The number of carboxylic acid groups (broad SMARTS) is 1. The number of hydrogen-bond acceptors (Lipinski definition) is 3. The first kappa shape index (κ1) is 21.3. The van der Waals surface area contributed by atoms with Crippen LogP contribution in [0.3, 0.4) is 0 Å². The SMILES string of the molecule is CC1=CC(NC(=O)O)=N[N+]1(Cc1cc(Cl)ccc1OCC(C)C)C(C)(C)C. The molecule has 1 aliphatic heterocycles. The van der Waals surface area contributed by atoms with Crippen molar-refractivity contribution in [3.8, 4) is 5.75 Å².